The fourth-order valence-corrected chi connectivity index (χ4v) is 2.12. The van der Waals surface area contributed by atoms with Crippen molar-refractivity contribution in [2.45, 2.75) is 13.0 Å². The summed E-state index contributed by atoms with van der Waals surface area (Å²) in [6, 6.07) is 15.0. The van der Waals surface area contributed by atoms with Crippen molar-refractivity contribution in [2.75, 3.05) is 12.4 Å². The van der Waals surface area contributed by atoms with E-state index in [1.807, 2.05) is 31.3 Å². The summed E-state index contributed by atoms with van der Waals surface area (Å²) in [5.41, 5.74) is 2.35. The molecular weight excluding hydrogens is 272 g/mol. The van der Waals surface area contributed by atoms with Crippen molar-refractivity contribution in [3.05, 3.63) is 64.7 Å². The van der Waals surface area contributed by atoms with Gasteiger partial charge in [0.2, 0.25) is 0 Å². The number of nitrogens with one attached hydrogen (secondary N) is 2. The van der Waals surface area contributed by atoms with E-state index < -0.39 is 0 Å². The smallest absolute Gasteiger partial charge is 0.257 e. The van der Waals surface area contributed by atoms with Crippen LogP contribution in [-0.2, 0) is 0 Å². The summed E-state index contributed by atoms with van der Waals surface area (Å²) in [7, 11) is 1.90. The molecule has 2 rings (SSSR count). The van der Waals surface area contributed by atoms with Crippen LogP contribution in [0.25, 0.3) is 0 Å². The molecule has 1 atom stereocenters. The van der Waals surface area contributed by atoms with Gasteiger partial charge in [-0.25, -0.2) is 0 Å². The lowest BCUT2D eigenvalue weighted by molar-refractivity contribution is 0.102. The zero-order valence-corrected chi connectivity index (χ0v) is 12.2. The van der Waals surface area contributed by atoms with Crippen molar-refractivity contribution in [1.82, 2.24) is 5.32 Å². The summed E-state index contributed by atoms with van der Waals surface area (Å²) in [4.78, 5) is 12.2. The lowest BCUT2D eigenvalue weighted by Crippen LogP contribution is -2.14. The van der Waals surface area contributed by atoms with Gasteiger partial charge in [0.15, 0.2) is 0 Å². The Kier molecular flexibility index (Phi) is 4.77. The molecule has 0 spiro atoms. The molecule has 0 aliphatic heterocycles. The average Bonchev–Trinajstić information content (AvgIpc) is 2.47. The molecule has 0 saturated heterocycles. The molecule has 0 saturated carbocycles. The number of hydrogen-bond acceptors (Lipinski definition) is 2. The van der Waals surface area contributed by atoms with E-state index in [1.54, 1.807) is 24.3 Å². The molecule has 0 aromatic heterocycles. The summed E-state index contributed by atoms with van der Waals surface area (Å²) in [6.45, 7) is 2.06. The number of hydrogen-bond donors (Lipinski definition) is 2. The Morgan fingerprint density at radius 1 is 1.15 bits per heavy atom. The van der Waals surface area contributed by atoms with Gasteiger partial charge < -0.3 is 10.6 Å². The number of carbonyl (C=O) groups excluding carboxylic acids is 1. The third-order valence-electron chi connectivity index (χ3n) is 3.20. The van der Waals surface area contributed by atoms with Gasteiger partial charge in [0.1, 0.15) is 0 Å². The van der Waals surface area contributed by atoms with E-state index >= 15 is 0 Å². The van der Waals surface area contributed by atoms with E-state index in [2.05, 4.69) is 17.6 Å². The number of amides is 1. The largest absolute Gasteiger partial charge is 0.322 e. The Balaban J connectivity index is 2.18. The molecule has 3 nitrogen and oxygen atoms in total. The Morgan fingerprint density at radius 3 is 2.60 bits per heavy atom. The van der Waals surface area contributed by atoms with Gasteiger partial charge in [-0.2, -0.15) is 0 Å². The van der Waals surface area contributed by atoms with Gasteiger partial charge in [-0.3, -0.25) is 4.79 Å². The summed E-state index contributed by atoms with van der Waals surface area (Å²) < 4.78 is 0. The van der Waals surface area contributed by atoms with Crippen LogP contribution in [0, 0.1) is 0 Å². The van der Waals surface area contributed by atoms with E-state index in [1.165, 1.54) is 0 Å². The molecule has 0 fully saturated rings. The summed E-state index contributed by atoms with van der Waals surface area (Å²) in [5, 5.41) is 6.48. The van der Waals surface area contributed by atoms with Gasteiger partial charge in [-0.1, -0.05) is 35.9 Å². The van der Waals surface area contributed by atoms with E-state index in [0.717, 1.165) is 11.3 Å². The first-order valence-corrected chi connectivity index (χ1v) is 6.82. The summed E-state index contributed by atoms with van der Waals surface area (Å²) >= 11 is 6.02. The lowest BCUT2D eigenvalue weighted by Gasteiger charge is -2.13. The maximum atomic E-state index is 12.2. The summed E-state index contributed by atoms with van der Waals surface area (Å²) in [6.07, 6.45) is 0. The zero-order chi connectivity index (χ0) is 14.5. The van der Waals surface area contributed by atoms with Crippen molar-refractivity contribution in [3.8, 4) is 0 Å². The standard InChI is InChI=1S/C16H17ClN2O/c1-11(18-2)12-6-5-7-13(10-12)19-16(20)14-8-3-4-9-15(14)17/h3-11,18H,1-2H3,(H,19,20). The molecule has 0 aliphatic carbocycles. The number of anilines is 1. The Bertz CT molecular complexity index is 613. The Hall–Kier alpha value is -1.84. The van der Waals surface area contributed by atoms with Crippen LogP contribution in [-0.4, -0.2) is 13.0 Å². The molecule has 0 aliphatic rings. The Labute approximate surface area is 124 Å². The summed E-state index contributed by atoms with van der Waals surface area (Å²) in [5.74, 6) is -0.204. The first-order chi connectivity index (χ1) is 9.61. The van der Waals surface area contributed by atoms with E-state index in [0.29, 0.717) is 10.6 Å². The van der Waals surface area contributed by atoms with Crippen LogP contribution >= 0.6 is 11.6 Å². The number of rotatable bonds is 4. The van der Waals surface area contributed by atoms with Crippen LogP contribution in [0.1, 0.15) is 28.9 Å². The maximum Gasteiger partial charge on any atom is 0.257 e. The van der Waals surface area contributed by atoms with Gasteiger partial charge in [-0.15, -0.1) is 0 Å². The fourth-order valence-electron chi connectivity index (χ4n) is 1.90. The molecule has 1 amide bonds. The minimum Gasteiger partial charge on any atom is -0.322 e. The van der Waals surface area contributed by atoms with Crippen molar-refractivity contribution < 1.29 is 4.79 Å². The topological polar surface area (TPSA) is 41.1 Å². The second-order valence-corrected chi connectivity index (χ2v) is 4.98. The number of benzene rings is 2. The van der Waals surface area contributed by atoms with Crippen molar-refractivity contribution in [1.29, 1.82) is 0 Å². The Morgan fingerprint density at radius 2 is 1.90 bits per heavy atom. The van der Waals surface area contributed by atoms with Gasteiger partial charge >= 0.3 is 0 Å². The van der Waals surface area contributed by atoms with Crippen molar-refractivity contribution in [3.63, 3.8) is 0 Å². The van der Waals surface area contributed by atoms with Crippen molar-refractivity contribution >= 4 is 23.2 Å². The molecule has 1 unspecified atom stereocenters. The molecule has 4 heteroatoms. The van der Waals surface area contributed by atoms with E-state index in [-0.39, 0.29) is 11.9 Å². The third kappa shape index (κ3) is 3.38. The van der Waals surface area contributed by atoms with Crippen LogP contribution < -0.4 is 10.6 Å². The lowest BCUT2D eigenvalue weighted by atomic mass is 10.1. The van der Waals surface area contributed by atoms with Crippen LogP contribution in [0.4, 0.5) is 5.69 Å². The molecule has 104 valence electrons. The number of halogens is 1. The highest BCUT2D eigenvalue weighted by Crippen LogP contribution is 2.20. The van der Waals surface area contributed by atoms with E-state index in [4.69, 9.17) is 11.6 Å². The normalized spacial score (nSPS) is 11.9. The first kappa shape index (κ1) is 14.6. The fraction of sp³-hybridized carbons (Fsp3) is 0.188. The van der Waals surface area contributed by atoms with Crippen molar-refractivity contribution in [2.24, 2.45) is 0 Å². The average molecular weight is 289 g/mol. The monoisotopic (exact) mass is 288 g/mol. The molecule has 2 N–H and O–H groups in total. The van der Waals surface area contributed by atoms with Gasteiger partial charge in [0, 0.05) is 11.7 Å². The zero-order valence-electron chi connectivity index (χ0n) is 11.5. The molecule has 0 radical (unpaired) electrons. The molecule has 0 bridgehead atoms. The highest BCUT2D eigenvalue weighted by atomic mass is 35.5. The quantitative estimate of drug-likeness (QED) is 0.896. The molecule has 0 heterocycles. The van der Waals surface area contributed by atoms with Crippen LogP contribution in [0.5, 0.6) is 0 Å². The maximum absolute atomic E-state index is 12.2. The molecule has 2 aromatic rings. The molecule has 2 aromatic carbocycles. The third-order valence-corrected chi connectivity index (χ3v) is 3.53. The highest BCUT2D eigenvalue weighted by molar-refractivity contribution is 6.34. The highest BCUT2D eigenvalue weighted by Gasteiger charge is 2.10. The predicted octanol–water partition coefficient (Wildman–Crippen LogP) is 3.87. The van der Waals surface area contributed by atoms with Crippen LogP contribution in [0.15, 0.2) is 48.5 Å². The van der Waals surface area contributed by atoms with Gasteiger partial charge in [-0.05, 0) is 43.8 Å². The van der Waals surface area contributed by atoms with Gasteiger partial charge in [0.25, 0.3) is 5.91 Å². The second kappa shape index (κ2) is 6.55. The van der Waals surface area contributed by atoms with E-state index in [9.17, 15) is 4.79 Å². The van der Waals surface area contributed by atoms with Crippen LogP contribution in [0.3, 0.4) is 0 Å². The molecule has 20 heavy (non-hydrogen) atoms. The van der Waals surface area contributed by atoms with Crippen LogP contribution in [0.2, 0.25) is 5.02 Å². The molecular formula is C16H17ClN2O. The van der Waals surface area contributed by atoms with Gasteiger partial charge in [0.05, 0.1) is 10.6 Å². The minimum absolute atomic E-state index is 0.204. The minimum atomic E-state index is -0.204. The predicted molar refractivity (Wildman–Crippen MR) is 83.3 cm³/mol. The first-order valence-electron chi connectivity index (χ1n) is 6.45. The second-order valence-electron chi connectivity index (χ2n) is 4.57. The number of carbonyl (C=O) groups is 1. The SMILES string of the molecule is CNC(C)c1cccc(NC(=O)c2ccccc2Cl)c1.